The highest BCUT2D eigenvalue weighted by molar-refractivity contribution is 6.04. The molecule has 0 aliphatic heterocycles. The fraction of sp³-hybridized carbons (Fsp3) is 0. The summed E-state index contributed by atoms with van der Waals surface area (Å²) in [5, 5.41) is 29.1. The molecule has 0 amide bonds. The van der Waals surface area contributed by atoms with Crippen molar-refractivity contribution in [2.45, 2.75) is 0 Å². The third-order valence-electron chi connectivity index (χ3n) is 3.65. The molecular weight excluding hydrogens is 323 g/mol. The van der Waals surface area contributed by atoms with Crippen LogP contribution in [0.2, 0.25) is 0 Å². The van der Waals surface area contributed by atoms with E-state index in [1.54, 1.807) is 0 Å². The van der Waals surface area contributed by atoms with Gasteiger partial charge in [0.25, 0.3) is 5.69 Å². The maximum Gasteiger partial charge on any atom is 0.270 e. The van der Waals surface area contributed by atoms with Crippen molar-refractivity contribution < 1.29 is 18.1 Å². The summed E-state index contributed by atoms with van der Waals surface area (Å²) in [7, 11) is 0. The monoisotopic (exact) mass is 327 g/mol. The van der Waals surface area contributed by atoms with Crippen LogP contribution < -0.4 is 0 Å². The molecule has 2 aromatic carbocycles. The minimum atomic E-state index is -1.48. The number of hydrogen-bond donors (Lipinski definition) is 0. The zero-order valence-electron chi connectivity index (χ0n) is 11.6. The van der Waals surface area contributed by atoms with Crippen molar-refractivity contribution in [1.82, 2.24) is 0 Å². The average Bonchev–Trinajstić information content (AvgIpc) is 2.89. The van der Waals surface area contributed by atoms with E-state index in [1.807, 2.05) is 0 Å². The smallest absolute Gasteiger partial charge is 0.258 e. The molecular formula is C16H4F3N3O2. The van der Waals surface area contributed by atoms with Gasteiger partial charge in [-0.05, 0) is 17.2 Å². The average molecular weight is 327 g/mol. The largest absolute Gasteiger partial charge is 0.270 e. The van der Waals surface area contributed by atoms with Crippen molar-refractivity contribution in [3.63, 3.8) is 0 Å². The third kappa shape index (κ3) is 1.94. The third-order valence-corrected chi connectivity index (χ3v) is 3.65. The van der Waals surface area contributed by atoms with E-state index in [-0.39, 0.29) is 22.3 Å². The van der Waals surface area contributed by atoms with Crippen LogP contribution in [0.3, 0.4) is 0 Å². The molecule has 0 aromatic heterocycles. The van der Waals surface area contributed by atoms with E-state index in [0.29, 0.717) is 6.07 Å². The number of nitrogens with zero attached hydrogens (tertiary/aromatic N) is 3. The fourth-order valence-electron chi connectivity index (χ4n) is 2.70. The first-order valence-electron chi connectivity index (χ1n) is 6.42. The van der Waals surface area contributed by atoms with Gasteiger partial charge in [-0.1, -0.05) is 0 Å². The van der Waals surface area contributed by atoms with Gasteiger partial charge in [-0.25, -0.2) is 13.2 Å². The molecule has 0 saturated heterocycles. The first kappa shape index (κ1) is 15.3. The Bertz CT molecular complexity index is 1030. The Balaban J connectivity index is 2.53. The Morgan fingerprint density at radius 2 is 1.67 bits per heavy atom. The number of hydrogen-bond acceptors (Lipinski definition) is 4. The predicted octanol–water partition coefficient (Wildman–Crippen LogP) is 3.84. The van der Waals surface area contributed by atoms with Crippen LogP contribution in [-0.2, 0) is 0 Å². The molecule has 0 heterocycles. The molecule has 0 N–H and O–H groups in total. The molecule has 8 heteroatoms. The Morgan fingerprint density at radius 3 is 2.25 bits per heavy atom. The van der Waals surface area contributed by atoms with E-state index < -0.39 is 39.2 Å². The number of benzene rings is 2. The summed E-state index contributed by atoms with van der Waals surface area (Å²) in [6.45, 7) is 0. The maximum absolute atomic E-state index is 14.3. The normalized spacial score (nSPS) is 11.3. The second kappa shape index (κ2) is 5.21. The number of non-ortho nitro benzene ring substituents is 1. The predicted molar refractivity (Wildman–Crippen MR) is 75.7 cm³/mol. The SMILES string of the molecule is N#CC(C#N)=C1c2cc([N+](=O)[O-])ccc2-c2c(F)cc(F)c(F)c21. The van der Waals surface area contributed by atoms with E-state index >= 15 is 0 Å². The molecule has 0 bridgehead atoms. The lowest BCUT2D eigenvalue weighted by Gasteiger charge is -2.05. The van der Waals surface area contributed by atoms with Crippen LogP contribution in [-0.4, -0.2) is 4.92 Å². The van der Waals surface area contributed by atoms with E-state index in [4.69, 9.17) is 10.5 Å². The molecule has 1 aliphatic rings. The zero-order valence-corrected chi connectivity index (χ0v) is 11.6. The van der Waals surface area contributed by atoms with E-state index in [2.05, 4.69) is 0 Å². The quantitative estimate of drug-likeness (QED) is 0.294. The highest BCUT2D eigenvalue weighted by atomic mass is 19.2. The number of nitriles is 2. The van der Waals surface area contributed by atoms with Gasteiger partial charge in [-0.3, -0.25) is 10.1 Å². The maximum atomic E-state index is 14.3. The number of halogens is 3. The Hall–Kier alpha value is -3.65. The van der Waals surface area contributed by atoms with Crippen LogP contribution in [0.1, 0.15) is 11.1 Å². The molecule has 0 unspecified atom stereocenters. The summed E-state index contributed by atoms with van der Waals surface area (Å²) in [5.74, 6) is -4.01. The second-order valence-corrected chi connectivity index (χ2v) is 4.86. The van der Waals surface area contributed by atoms with Gasteiger partial charge in [-0.2, -0.15) is 10.5 Å². The van der Waals surface area contributed by atoms with Gasteiger partial charge in [0.15, 0.2) is 11.6 Å². The van der Waals surface area contributed by atoms with Gasteiger partial charge in [0.1, 0.15) is 23.5 Å². The lowest BCUT2D eigenvalue weighted by molar-refractivity contribution is -0.384. The van der Waals surface area contributed by atoms with Gasteiger partial charge < -0.3 is 0 Å². The lowest BCUT2D eigenvalue weighted by Crippen LogP contribution is -1.97. The van der Waals surface area contributed by atoms with Crippen LogP contribution in [0.5, 0.6) is 0 Å². The topological polar surface area (TPSA) is 90.7 Å². The van der Waals surface area contributed by atoms with E-state index in [0.717, 1.165) is 12.1 Å². The highest BCUT2D eigenvalue weighted by Crippen LogP contribution is 2.49. The molecule has 24 heavy (non-hydrogen) atoms. The molecule has 2 aromatic rings. The van der Waals surface area contributed by atoms with Gasteiger partial charge in [-0.15, -0.1) is 0 Å². The Labute approximate surface area is 132 Å². The second-order valence-electron chi connectivity index (χ2n) is 4.86. The molecule has 116 valence electrons. The number of nitro benzene ring substituents is 1. The van der Waals surface area contributed by atoms with Crippen molar-refractivity contribution in [2.75, 3.05) is 0 Å². The zero-order chi connectivity index (χ0) is 17.6. The van der Waals surface area contributed by atoms with Crippen LogP contribution in [0.15, 0.2) is 29.8 Å². The first-order chi connectivity index (χ1) is 11.4. The summed E-state index contributed by atoms with van der Waals surface area (Å²) in [6.07, 6.45) is 0. The summed E-state index contributed by atoms with van der Waals surface area (Å²) in [5.41, 5.74) is -2.29. The van der Waals surface area contributed by atoms with Gasteiger partial charge >= 0.3 is 0 Å². The standard InChI is InChI=1S/C16H4F3N3O2/c17-11-4-12(18)16(19)15-13(7(5-20)6-21)10-3-8(22(23)24)1-2-9(10)14(11)15/h1-4H. The molecule has 0 spiro atoms. The van der Waals surface area contributed by atoms with Crippen LogP contribution in [0.4, 0.5) is 18.9 Å². The van der Waals surface area contributed by atoms with Gasteiger partial charge in [0.2, 0.25) is 0 Å². The van der Waals surface area contributed by atoms with Gasteiger partial charge in [0.05, 0.1) is 4.92 Å². The summed E-state index contributed by atoms with van der Waals surface area (Å²) >= 11 is 0. The minimum absolute atomic E-state index is 0.0463. The van der Waals surface area contributed by atoms with Crippen molar-refractivity contribution in [3.05, 3.63) is 68.5 Å². The first-order valence-corrected chi connectivity index (χ1v) is 6.42. The Morgan fingerprint density at radius 1 is 1.00 bits per heavy atom. The number of allylic oxidation sites excluding steroid dienone is 1. The van der Waals surface area contributed by atoms with E-state index in [1.165, 1.54) is 18.2 Å². The van der Waals surface area contributed by atoms with Crippen LogP contribution in [0.25, 0.3) is 16.7 Å². The Kier molecular flexibility index (Phi) is 3.31. The molecule has 3 rings (SSSR count). The summed E-state index contributed by atoms with van der Waals surface area (Å²) in [6, 6.07) is 6.65. The van der Waals surface area contributed by atoms with Gasteiger partial charge in [0, 0.05) is 34.9 Å². The highest BCUT2D eigenvalue weighted by Gasteiger charge is 2.35. The molecule has 0 saturated carbocycles. The lowest BCUT2D eigenvalue weighted by atomic mass is 9.98. The van der Waals surface area contributed by atoms with E-state index in [9.17, 15) is 23.3 Å². The molecule has 0 atom stereocenters. The molecule has 0 fully saturated rings. The van der Waals surface area contributed by atoms with Crippen LogP contribution >= 0.6 is 0 Å². The summed E-state index contributed by atoms with van der Waals surface area (Å²) in [4.78, 5) is 10.2. The summed E-state index contributed by atoms with van der Waals surface area (Å²) < 4.78 is 42.0. The number of nitro groups is 1. The van der Waals surface area contributed by atoms with Crippen molar-refractivity contribution >= 4 is 11.3 Å². The number of fused-ring (bicyclic) bond motifs is 3. The molecule has 1 aliphatic carbocycles. The molecule has 0 radical (unpaired) electrons. The van der Waals surface area contributed by atoms with Crippen LogP contribution in [0, 0.1) is 50.2 Å². The van der Waals surface area contributed by atoms with Crippen molar-refractivity contribution in [1.29, 1.82) is 10.5 Å². The minimum Gasteiger partial charge on any atom is -0.258 e. The fourth-order valence-corrected chi connectivity index (χ4v) is 2.70. The molecule has 5 nitrogen and oxygen atoms in total. The van der Waals surface area contributed by atoms with Crippen molar-refractivity contribution in [3.8, 4) is 23.3 Å². The number of rotatable bonds is 1. The van der Waals surface area contributed by atoms with Crippen molar-refractivity contribution in [2.24, 2.45) is 0 Å².